The van der Waals surface area contributed by atoms with Gasteiger partial charge >= 0.3 is 0 Å². The summed E-state index contributed by atoms with van der Waals surface area (Å²) >= 11 is 0. The van der Waals surface area contributed by atoms with E-state index in [1.54, 1.807) is 31.3 Å². The number of ether oxygens (including phenoxy) is 2. The van der Waals surface area contributed by atoms with Gasteiger partial charge in [-0.15, -0.1) is 0 Å². The van der Waals surface area contributed by atoms with Crippen molar-refractivity contribution in [1.82, 2.24) is 15.1 Å². The van der Waals surface area contributed by atoms with E-state index in [4.69, 9.17) is 9.47 Å². The molecule has 1 heterocycles. The number of nitrogens with zero attached hydrogens (tertiary/aromatic N) is 2. The molecular formula is C20H21N3O3. The van der Waals surface area contributed by atoms with Crippen molar-refractivity contribution < 1.29 is 14.3 Å². The Kier molecular flexibility index (Phi) is 5.53. The molecule has 0 atom stereocenters. The van der Waals surface area contributed by atoms with Crippen LogP contribution < -0.4 is 14.8 Å². The third kappa shape index (κ3) is 4.03. The van der Waals surface area contributed by atoms with Gasteiger partial charge in [-0.25, -0.2) is 4.68 Å². The highest BCUT2D eigenvalue weighted by atomic mass is 16.5. The van der Waals surface area contributed by atoms with Gasteiger partial charge in [0.2, 0.25) is 0 Å². The fourth-order valence-electron chi connectivity index (χ4n) is 2.62. The van der Waals surface area contributed by atoms with E-state index >= 15 is 0 Å². The number of hydrogen-bond donors (Lipinski definition) is 1. The molecule has 1 amide bonds. The Balaban J connectivity index is 1.57. The Morgan fingerprint density at radius 2 is 1.85 bits per heavy atom. The number of amides is 1. The largest absolute Gasteiger partial charge is 0.493 e. The molecule has 0 saturated heterocycles. The van der Waals surface area contributed by atoms with Gasteiger partial charge in [-0.2, -0.15) is 5.10 Å². The van der Waals surface area contributed by atoms with E-state index in [0.29, 0.717) is 30.0 Å². The first-order valence-corrected chi connectivity index (χ1v) is 8.30. The first-order chi connectivity index (χ1) is 12.7. The van der Waals surface area contributed by atoms with E-state index in [1.807, 2.05) is 48.5 Å². The standard InChI is InChI=1S/C20H21N3O3/c1-25-18-9-8-15(12-19(18)26-2)10-11-21-20(24)16-13-22-23(14-16)17-6-4-3-5-7-17/h3-9,12-14H,10-11H2,1-2H3,(H,21,24). The molecule has 1 aromatic heterocycles. The molecule has 0 spiro atoms. The normalized spacial score (nSPS) is 10.4. The zero-order valence-electron chi connectivity index (χ0n) is 14.8. The van der Waals surface area contributed by atoms with Gasteiger partial charge < -0.3 is 14.8 Å². The van der Waals surface area contributed by atoms with Crippen LogP contribution in [0.3, 0.4) is 0 Å². The van der Waals surface area contributed by atoms with Crippen molar-refractivity contribution in [2.24, 2.45) is 0 Å². The fourth-order valence-corrected chi connectivity index (χ4v) is 2.62. The van der Waals surface area contributed by atoms with Crippen molar-refractivity contribution in [1.29, 1.82) is 0 Å². The summed E-state index contributed by atoms with van der Waals surface area (Å²) < 4.78 is 12.2. The maximum Gasteiger partial charge on any atom is 0.254 e. The summed E-state index contributed by atoms with van der Waals surface area (Å²) in [5.74, 6) is 1.22. The highest BCUT2D eigenvalue weighted by Gasteiger charge is 2.10. The predicted octanol–water partition coefficient (Wildman–Crippen LogP) is 2.86. The van der Waals surface area contributed by atoms with Crippen LogP contribution >= 0.6 is 0 Å². The van der Waals surface area contributed by atoms with Crippen LogP contribution in [0.5, 0.6) is 11.5 Å². The molecule has 0 aliphatic carbocycles. The summed E-state index contributed by atoms with van der Waals surface area (Å²) in [6.07, 6.45) is 3.98. The van der Waals surface area contributed by atoms with Crippen molar-refractivity contribution in [3.63, 3.8) is 0 Å². The average Bonchev–Trinajstić information content (AvgIpc) is 3.19. The third-order valence-electron chi connectivity index (χ3n) is 4.01. The van der Waals surface area contributed by atoms with Crippen LogP contribution in [0.1, 0.15) is 15.9 Å². The lowest BCUT2D eigenvalue weighted by Crippen LogP contribution is -2.25. The Morgan fingerprint density at radius 1 is 1.08 bits per heavy atom. The number of methoxy groups -OCH3 is 2. The molecule has 2 aromatic carbocycles. The lowest BCUT2D eigenvalue weighted by atomic mass is 10.1. The minimum absolute atomic E-state index is 0.146. The minimum atomic E-state index is -0.146. The number of hydrogen-bond acceptors (Lipinski definition) is 4. The van der Waals surface area contributed by atoms with Crippen LogP contribution in [0.25, 0.3) is 5.69 Å². The second kappa shape index (κ2) is 8.20. The van der Waals surface area contributed by atoms with E-state index in [-0.39, 0.29) is 5.91 Å². The van der Waals surface area contributed by atoms with Gasteiger partial charge in [-0.05, 0) is 36.2 Å². The summed E-state index contributed by atoms with van der Waals surface area (Å²) in [6.45, 7) is 0.519. The summed E-state index contributed by atoms with van der Waals surface area (Å²) in [7, 11) is 3.21. The molecule has 1 N–H and O–H groups in total. The molecule has 0 aliphatic heterocycles. The summed E-state index contributed by atoms with van der Waals surface area (Å²) in [5, 5.41) is 7.15. The first-order valence-electron chi connectivity index (χ1n) is 8.30. The third-order valence-corrected chi connectivity index (χ3v) is 4.01. The number of benzene rings is 2. The smallest absolute Gasteiger partial charge is 0.254 e. The topological polar surface area (TPSA) is 65.4 Å². The molecule has 3 rings (SSSR count). The number of nitrogens with one attached hydrogen (secondary N) is 1. The summed E-state index contributed by atoms with van der Waals surface area (Å²) in [5.41, 5.74) is 2.50. The second-order valence-electron chi connectivity index (χ2n) is 5.70. The summed E-state index contributed by atoms with van der Waals surface area (Å²) in [4.78, 5) is 12.3. The maximum atomic E-state index is 12.3. The molecule has 0 saturated carbocycles. The molecular weight excluding hydrogens is 330 g/mol. The van der Waals surface area contributed by atoms with Crippen molar-refractivity contribution in [3.8, 4) is 17.2 Å². The van der Waals surface area contributed by atoms with Gasteiger partial charge in [-0.3, -0.25) is 4.79 Å². The fraction of sp³-hybridized carbons (Fsp3) is 0.200. The number of carbonyl (C=O) groups is 1. The molecule has 0 fully saturated rings. The number of rotatable bonds is 7. The van der Waals surface area contributed by atoms with Crippen molar-refractivity contribution in [3.05, 3.63) is 72.1 Å². The van der Waals surface area contributed by atoms with Crippen LogP contribution in [-0.2, 0) is 6.42 Å². The zero-order chi connectivity index (χ0) is 18.4. The molecule has 0 aliphatic rings. The van der Waals surface area contributed by atoms with Crippen LogP contribution in [0.4, 0.5) is 0 Å². The van der Waals surface area contributed by atoms with Crippen molar-refractivity contribution in [2.45, 2.75) is 6.42 Å². The SMILES string of the molecule is COc1ccc(CCNC(=O)c2cnn(-c3ccccc3)c2)cc1OC. The van der Waals surface area contributed by atoms with Gasteiger partial charge in [0.25, 0.3) is 5.91 Å². The Bertz CT molecular complexity index is 875. The van der Waals surface area contributed by atoms with Crippen LogP contribution in [0.15, 0.2) is 60.9 Å². The van der Waals surface area contributed by atoms with Gasteiger partial charge in [-0.1, -0.05) is 24.3 Å². The molecule has 26 heavy (non-hydrogen) atoms. The Morgan fingerprint density at radius 3 is 2.58 bits per heavy atom. The molecule has 6 heteroatoms. The van der Waals surface area contributed by atoms with Crippen molar-refractivity contribution in [2.75, 3.05) is 20.8 Å². The van der Waals surface area contributed by atoms with Crippen LogP contribution in [0.2, 0.25) is 0 Å². The second-order valence-corrected chi connectivity index (χ2v) is 5.70. The van der Waals surface area contributed by atoms with Gasteiger partial charge in [0.05, 0.1) is 31.7 Å². The molecule has 134 valence electrons. The van der Waals surface area contributed by atoms with Gasteiger partial charge in [0, 0.05) is 12.7 Å². The quantitative estimate of drug-likeness (QED) is 0.711. The Hall–Kier alpha value is -3.28. The molecule has 6 nitrogen and oxygen atoms in total. The average molecular weight is 351 g/mol. The lowest BCUT2D eigenvalue weighted by Gasteiger charge is -2.10. The van der Waals surface area contributed by atoms with Gasteiger partial charge in [0.15, 0.2) is 11.5 Å². The Labute approximate surface area is 152 Å². The maximum absolute atomic E-state index is 12.3. The first kappa shape index (κ1) is 17.5. The molecule has 0 bridgehead atoms. The molecule has 0 unspecified atom stereocenters. The zero-order valence-corrected chi connectivity index (χ0v) is 14.8. The lowest BCUT2D eigenvalue weighted by molar-refractivity contribution is 0.0954. The predicted molar refractivity (Wildman–Crippen MR) is 99.1 cm³/mol. The number of carbonyl (C=O) groups excluding carboxylic acids is 1. The van der Waals surface area contributed by atoms with Crippen LogP contribution in [-0.4, -0.2) is 36.5 Å². The van der Waals surface area contributed by atoms with E-state index in [2.05, 4.69) is 10.4 Å². The highest BCUT2D eigenvalue weighted by molar-refractivity contribution is 5.93. The van der Waals surface area contributed by atoms with E-state index in [0.717, 1.165) is 11.3 Å². The minimum Gasteiger partial charge on any atom is -0.493 e. The monoisotopic (exact) mass is 351 g/mol. The summed E-state index contributed by atoms with van der Waals surface area (Å²) in [6, 6.07) is 15.4. The van der Waals surface area contributed by atoms with Gasteiger partial charge in [0.1, 0.15) is 0 Å². The number of para-hydroxylation sites is 1. The van der Waals surface area contributed by atoms with E-state index in [9.17, 15) is 4.79 Å². The van der Waals surface area contributed by atoms with Crippen molar-refractivity contribution >= 4 is 5.91 Å². The molecule has 0 radical (unpaired) electrons. The van der Waals surface area contributed by atoms with E-state index < -0.39 is 0 Å². The molecule has 3 aromatic rings. The van der Waals surface area contributed by atoms with E-state index in [1.165, 1.54) is 0 Å². The number of aromatic nitrogens is 2. The highest BCUT2D eigenvalue weighted by Crippen LogP contribution is 2.27. The van der Waals surface area contributed by atoms with Crippen LogP contribution in [0, 0.1) is 0 Å².